The SMILES string of the molecule is CCCCCC/C=C/CCCCCCCCCCC[N+](C(CCC)C(=O)[O-])(C(CCC)C(=O)O)C(CCC)C(=O)O. The number of carboxylic acids is 3. The van der Waals surface area contributed by atoms with Gasteiger partial charge in [-0.25, -0.2) is 9.59 Å². The number of rotatable bonds is 29. The summed E-state index contributed by atoms with van der Waals surface area (Å²) >= 11 is 0. The van der Waals surface area contributed by atoms with Crippen molar-refractivity contribution in [2.75, 3.05) is 6.54 Å². The molecule has 41 heavy (non-hydrogen) atoms. The average molecular weight is 582 g/mol. The Morgan fingerprint density at radius 2 is 0.927 bits per heavy atom. The molecule has 2 N–H and O–H groups in total. The lowest BCUT2D eigenvalue weighted by Gasteiger charge is -2.52. The fraction of sp³-hybridized carbons (Fsp3) is 0.853. The minimum atomic E-state index is -1.33. The topological polar surface area (TPSA) is 115 Å². The number of carboxylic acid groups (broad SMARTS) is 3. The van der Waals surface area contributed by atoms with Crippen LogP contribution in [0, 0.1) is 0 Å². The van der Waals surface area contributed by atoms with Gasteiger partial charge in [-0.05, 0) is 51.4 Å². The zero-order chi connectivity index (χ0) is 30.9. The van der Waals surface area contributed by atoms with Gasteiger partial charge >= 0.3 is 11.9 Å². The first kappa shape index (κ1) is 39.1. The van der Waals surface area contributed by atoms with Crippen molar-refractivity contribution in [3.05, 3.63) is 12.2 Å². The largest absolute Gasteiger partial charge is 0.544 e. The van der Waals surface area contributed by atoms with E-state index in [9.17, 15) is 29.7 Å². The molecular weight excluding hydrogens is 518 g/mol. The summed E-state index contributed by atoms with van der Waals surface area (Å²) in [7, 11) is 0. The summed E-state index contributed by atoms with van der Waals surface area (Å²) < 4.78 is -0.435. The number of quaternary nitrogens is 1. The summed E-state index contributed by atoms with van der Waals surface area (Å²) in [6, 6.07) is -3.33. The molecule has 3 atom stereocenters. The number of nitrogens with zero attached hydrogens (tertiary/aromatic N) is 1. The second kappa shape index (κ2) is 24.7. The van der Waals surface area contributed by atoms with Gasteiger partial charge in [0.25, 0.3) is 0 Å². The van der Waals surface area contributed by atoms with Crippen molar-refractivity contribution in [1.29, 1.82) is 0 Å². The third kappa shape index (κ3) is 15.2. The van der Waals surface area contributed by atoms with Crippen LogP contribution in [0.1, 0.15) is 163 Å². The number of carbonyl (C=O) groups excluding carboxylic acids is 1. The van der Waals surface area contributed by atoms with Gasteiger partial charge < -0.3 is 20.1 Å². The van der Waals surface area contributed by atoms with Crippen molar-refractivity contribution in [2.24, 2.45) is 0 Å². The van der Waals surface area contributed by atoms with Crippen LogP contribution in [0.5, 0.6) is 0 Å². The molecule has 0 aliphatic carbocycles. The summed E-state index contributed by atoms with van der Waals surface area (Å²) in [4.78, 5) is 37.6. The van der Waals surface area contributed by atoms with E-state index < -0.39 is 40.5 Å². The predicted octanol–water partition coefficient (Wildman–Crippen LogP) is 7.66. The zero-order valence-electron chi connectivity index (χ0n) is 26.9. The number of allylic oxidation sites excluding steroid dienone is 2. The van der Waals surface area contributed by atoms with E-state index in [-0.39, 0.29) is 25.8 Å². The van der Waals surface area contributed by atoms with Crippen molar-refractivity contribution in [3.63, 3.8) is 0 Å². The molecule has 0 heterocycles. The van der Waals surface area contributed by atoms with Gasteiger partial charge in [0.15, 0.2) is 12.1 Å². The molecule has 0 aliphatic rings. The van der Waals surface area contributed by atoms with Crippen LogP contribution in [0.25, 0.3) is 0 Å². The molecule has 0 aliphatic heterocycles. The van der Waals surface area contributed by atoms with Crippen LogP contribution in [-0.2, 0) is 14.4 Å². The van der Waals surface area contributed by atoms with Crippen molar-refractivity contribution < 1.29 is 34.2 Å². The van der Waals surface area contributed by atoms with E-state index in [4.69, 9.17) is 0 Å². The molecule has 7 nitrogen and oxygen atoms in total. The van der Waals surface area contributed by atoms with E-state index in [0.717, 1.165) is 25.7 Å². The predicted molar refractivity (Wildman–Crippen MR) is 166 cm³/mol. The molecule has 0 bridgehead atoms. The third-order valence-electron chi connectivity index (χ3n) is 8.58. The van der Waals surface area contributed by atoms with Gasteiger partial charge in [0.05, 0.1) is 12.5 Å². The monoisotopic (exact) mass is 581 g/mol. The fourth-order valence-electron chi connectivity index (χ4n) is 6.44. The molecule has 0 amide bonds. The molecule has 0 saturated carbocycles. The van der Waals surface area contributed by atoms with Crippen molar-refractivity contribution in [3.8, 4) is 0 Å². The summed E-state index contributed by atoms with van der Waals surface area (Å²) in [5.74, 6) is -3.56. The summed E-state index contributed by atoms with van der Waals surface area (Å²) in [5, 5.41) is 33.0. The third-order valence-corrected chi connectivity index (χ3v) is 8.58. The molecular formula is C34H63NO6. The number of carbonyl (C=O) groups is 3. The van der Waals surface area contributed by atoms with Gasteiger partial charge in [0.1, 0.15) is 6.04 Å². The molecule has 0 spiro atoms. The normalized spacial score (nSPS) is 15.4. The molecule has 0 rings (SSSR count). The van der Waals surface area contributed by atoms with Gasteiger partial charge in [0.2, 0.25) is 0 Å². The highest BCUT2D eigenvalue weighted by molar-refractivity contribution is 5.77. The van der Waals surface area contributed by atoms with Crippen LogP contribution in [0.2, 0.25) is 0 Å². The van der Waals surface area contributed by atoms with E-state index in [0.29, 0.717) is 25.7 Å². The summed E-state index contributed by atoms with van der Waals surface area (Å²) in [5.41, 5.74) is 0. The van der Waals surface area contributed by atoms with Gasteiger partial charge in [-0.2, -0.15) is 0 Å². The summed E-state index contributed by atoms with van der Waals surface area (Å²) in [6.07, 6.45) is 24.2. The zero-order valence-corrected chi connectivity index (χ0v) is 26.9. The van der Waals surface area contributed by atoms with Crippen LogP contribution in [0.4, 0.5) is 0 Å². The van der Waals surface area contributed by atoms with E-state index in [1.54, 1.807) is 0 Å². The number of aliphatic carboxylic acids is 3. The van der Waals surface area contributed by atoms with E-state index in [1.807, 2.05) is 20.8 Å². The smallest absolute Gasteiger partial charge is 0.362 e. The Kier molecular flexibility index (Phi) is 23.5. The average Bonchev–Trinajstić information content (AvgIpc) is 2.93. The second-order valence-electron chi connectivity index (χ2n) is 11.9. The molecule has 7 heteroatoms. The minimum Gasteiger partial charge on any atom is -0.544 e. The molecule has 0 fully saturated rings. The highest BCUT2D eigenvalue weighted by Crippen LogP contribution is 2.34. The molecule has 0 saturated heterocycles. The minimum absolute atomic E-state index is 0.206. The van der Waals surface area contributed by atoms with Crippen LogP contribution in [-0.4, -0.2) is 57.3 Å². The standard InChI is InChI=1S/C34H63NO6/c1-5-9-10-11-12-13-14-15-16-17-18-19-20-21-22-23-24-28-35(29(25-6-2)32(36)37,30(26-7-3)33(38)39)31(27-8-4)34(40)41/h13-14,29-31H,5-12,15-28H2,1-4H3,(H2-,36,37,38,39,40,41)/b14-13+. The molecule has 0 aromatic heterocycles. The van der Waals surface area contributed by atoms with Crippen LogP contribution < -0.4 is 5.11 Å². The lowest BCUT2D eigenvalue weighted by molar-refractivity contribution is -0.975. The Labute approximate surface area is 251 Å². The van der Waals surface area contributed by atoms with E-state index in [2.05, 4.69) is 19.1 Å². The Balaban J connectivity index is 5.01. The fourth-order valence-corrected chi connectivity index (χ4v) is 6.44. The van der Waals surface area contributed by atoms with Gasteiger partial charge in [0, 0.05) is 19.3 Å². The lowest BCUT2D eigenvalue weighted by Crippen LogP contribution is -2.74. The van der Waals surface area contributed by atoms with Crippen LogP contribution in [0.3, 0.4) is 0 Å². The molecule has 3 unspecified atom stereocenters. The molecule has 0 radical (unpaired) electrons. The highest BCUT2D eigenvalue weighted by atomic mass is 16.4. The summed E-state index contributed by atoms with van der Waals surface area (Å²) in [6.45, 7) is 8.05. The second-order valence-corrected chi connectivity index (χ2v) is 11.9. The number of hydrogen-bond acceptors (Lipinski definition) is 4. The van der Waals surface area contributed by atoms with Crippen molar-refractivity contribution in [1.82, 2.24) is 0 Å². The first-order valence-electron chi connectivity index (χ1n) is 16.9. The Morgan fingerprint density at radius 1 is 0.561 bits per heavy atom. The number of unbranched alkanes of at least 4 members (excludes halogenated alkanes) is 13. The quantitative estimate of drug-likeness (QED) is 0.0532. The van der Waals surface area contributed by atoms with E-state index in [1.165, 1.54) is 64.2 Å². The molecule has 0 aromatic rings. The maximum atomic E-state index is 12.6. The Hall–Kier alpha value is -1.89. The first-order chi connectivity index (χ1) is 19.7. The van der Waals surface area contributed by atoms with Gasteiger partial charge in [-0.3, -0.25) is 4.48 Å². The van der Waals surface area contributed by atoms with Gasteiger partial charge in [-0.15, -0.1) is 0 Å². The molecule has 240 valence electrons. The Bertz CT molecular complexity index is 662. The maximum Gasteiger partial charge on any atom is 0.362 e. The van der Waals surface area contributed by atoms with Crippen molar-refractivity contribution >= 4 is 17.9 Å². The maximum absolute atomic E-state index is 12.6. The van der Waals surface area contributed by atoms with E-state index >= 15 is 0 Å². The van der Waals surface area contributed by atoms with Crippen LogP contribution in [0.15, 0.2) is 12.2 Å². The first-order valence-corrected chi connectivity index (χ1v) is 16.9. The Morgan fingerprint density at radius 3 is 1.29 bits per heavy atom. The number of hydrogen-bond donors (Lipinski definition) is 2. The van der Waals surface area contributed by atoms with Gasteiger partial charge in [-0.1, -0.05) is 104 Å². The van der Waals surface area contributed by atoms with Crippen LogP contribution >= 0.6 is 0 Å². The lowest BCUT2D eigenvalue weighted by atomic mass is 9.91. The molecule has 0 aromatic carbocycles. The highest BCUT2D eigenvalue weighted by Gasteiger charge is 2.54. The van der Waals surface area contributed by atoms with Crippen molar-refractivity contribution in [2.45, 2.75) is 181 Å².